The molecule has 0 radical (unpaired) electrons. The molecule has 1 aromatic carbocycles. The quantitative estimate of drug-likeness (QED) is 0.505. The van der Waals surface area contributed by atoms with Crippen LogP contribution >= 0.6 is 0 Å². The fraction of sp³-hybridized carbons (Fsp3) is 0.593. The summed E-state index contributed by atoms with van der Waals surface area (Å²) in [5, 5.41) is 3.26. The highest BCUT2D eigenvalue weighted by Crippen LogP contribution is 2.48. The molecule has 1 saturated heterocycles. The second kappa shape index (κ2) is 9.79. The molecule has 6 nitrogen and oxygen atoms in total. The van der Waals surface area contributed by atoms with E-state index in [1.54, 1.807) is 4.90 Å². The molecule has 0 unspecified atom stereocenters. The molecule has 4 rings (SSSR count). The van der Waals surface area contributed by atoms with Gasteiger partial charge in [-0.15, -0.1) is 0 Å². The maximum absolute atomic E-state index is 13.5. The van der Waals surface area contributed by atoms with E-state index in [1.165, 1.54) is 25.7 Å². The van der Waals surface area contributed by atoms with E-state index >= 15 is 0 Å². The van der Waals surface area contributed by atoms with Crippen molar-refractivity contribution in [1.82, 2.24) is 5.32 Å². The predicted molar refractivity (Wildman–Crippen MR) is 132 cm³/mol. The summed E-state index contributed by atoms with van der Waals surface area (Å²) in [6.07, 6.45) is 6.38. The summed E-state index contributed by atoms with van der Waals surface area (Å²) in [5.41, 5.74) is 3.83. The van der Waals surface area contributed by atoms with Crippen molar-refractivity contribution in [1.29, 1.82) is 0 Å². The lowest BCUT2D eigenvalue weighted by Gasteiger charge is -2.29. The first kappa shape index (κ1) is 23.7. The molecule has 1 N–H and O–H groups in total. The van der Waals surface area contributed by atoms with Crippen molar-refractivity contribution in [2.75, 3.05) is 50.7 Å². The highest BCUT2D eigenvalue weighted by Gasteiger charge is 2.46. The molecule has 2 saturated carbocycles. The van der Waals surface area contributed by atoms with Crippen molar-refractivity contribution in [2.24, 2.45) is 17.3 Å². The van der Waals surface area contributed by atoms with Crippen LogP contribution in [0.1, 0.15) is 45.1 Å². The van der Waals surface area contributed by atoms with E-state index in [-0.39, 0.29) is 23.5 Å². The molecule has 178 valence electrons. The van der Waals surface area contributed by atoms with Gasteiger partial charge in [-0.05, 0) is 49.8 Å². The van der Waals surface area contributed by atoms with Crippen LogP contribution in [-0.2, 0) is 14.3 Å². The van der Waals surface area contributed by atoms with Crippen LogP contribution in [-0.4, -0.2) is 53.1 Å². The number of carbonyl (C=O) groups excluding carboxylic acids is 1. The Hall–Kier alpha value is -2.49. The normalized spacial score (nSPS) is 19.8. The Balaban J connectivity index is 1.43. The molecular weight excluding hydrogens is 414 g/mol. The number of anilines is 2. The van der Waals surface area contributed by atoms with Gasteiger partial charge in [0.2, 0.25) is 0 Å². The minimum absolute atomic E-state index is 0.0279. The zero-order chi connectivity index (χ0) is 23.6. The topological polar surface area (TPSA) is 54.0 Å². The highest BCUT2D eigenvalue weighted by molar-refractivity contribution is 6.07. The van der Waals surface area contributed by atoms with Gasteiger partial charge in [0, 0.05) is 49.8 Å². The lowest BCUT2D eigenvalue weighted by atomic mass is 10.0. The van der Waals surface area contributed by atoms with Gasteiger partial charge in [-0.1, -0.05) is 25.7 Å². The zero-order valence-corrected chi connectivity index (χ0v) is 20.6. The Bertz CT molecular complexity index is 955. The second-order valence-corrected chi connectivity index (χ2v) is 10.2. The molecule has 33 heavy (non-hydrogen) atoms. The summed E-state index contributed by atoms with van der Waals surface area (Å²) in [7, 11) is 5.82. The van der Waals surface area contributed by atoms with Crippen LogP contribution < -0.4 is 15.1 Å². The molecule has 0 atom stereocenters. The Morgan fingerprint density at radius 1 is 1.18 bits per heavy atom. The summed E-state index contributed by atoms with van der Waals surface area (Å²) in [4.78, 5) is 17.2. The first-order valence-corrected chi connectivity index (χ1v) is 12.1. The van der Waals surface area contributed by atoms with Gasteiger partial charge in [-0.2, -0.15) is 0 Å². The maximum atomic E-state index is 13.5. The van der Waals surface area contributed by atoms with Gasteiger partial charge in [-0.25, -0.2) is 0 Å². The van der Waals surface area contributed by atoms with Crippen LogP contribution in [0.25, 0.3) is 0 Å². The Kier molecular flexibility index (Phi) is 7.02. The van der Waals surface area contributed by atoms with E-state index in [1.807, 2.05) is 58.2 Å². The fourth-order valence-electron chi connectivity index (χ4n) is 3.91. The van der Waals surface area contributed by atoms with Gasteiger partial charge in [0.25, 0.3) is 5.91 Å². The van der Waals surface area contributed by atoms with Crippen LogP contribution in [0, 0.1) is 29.1 Å². The zero-order valence-electron chi connectivity index (χ0n) is 20.6. The van der Waals surface area contributed by atoms with E-state index in [0.717, 1.165) is 30.2 Å². The van der Waals surface area contributed by atoms with Crippen molar-refractivity contribution in [2.45, 2.75) is 45.8 Å². The van der Waals surface area contributed by atoms with E-state index in [9.17, 15) is 4.79 Å². The lowest BCUT2D eigenvalue weighted by Crippen LogP contribution is -2.39. The van der Waals surface area contributed by atoms with Crippen LogP contribution in [0.5, 0.6) is 0 Å². The number of carbonyl (C=O) groups is 1. The van der Waals surface area contributed by atoms with Gasteiger partial charge in [0.1, 0.15) is 0 Å². The Morgan fingerprint density at radius 2 is 1.88 bits per heavy atom. The molecule has 1 heterocycles. The van der Waals surface area contributed by atoms with Crippen molar-refractivity contribution in [3.05, 3.63) is 35.5 Å². The number of benzene rings is 1. The first-order valence-electron chi connectivity index (χ1n) is 12.1. The van der Waals surface area contributed by atoms with Crippen molar-refractivity contribution in [3.8, 4) is 11.8 Å². The minimum atomic E-state index is -0.265. The predicted octanol–water partition coefficient (Wildman–Crippen LogP) is 3.76. The SMILES string of the molecule is CC(C)/C(=C\NCC1OCC2(CC2)CO1)C(=O)N(C)c1ccc(C#CC2CC2)cc1N(C)C. The summed E-state index contributed by atoms with van der Waals surface area (Å²) in [6, 6.07) is 6.06. The molecule has 6 heteroatoms. The number of nitrogens with one attached hydrogen (secondary N) is 1. The Morgan fingerprint density at radius 3 is 2.45 bits per heavy atom. The summed E-state index contributed by atoms with van der Waals surface area (Å²) in [5.74, 6) is 7.20. The highest BCUT2D eigenvalue weighted by atomic mass is 16.7. The van der Waals surface area contributed by atoms with Crippen molar-refractivity contribution < 1.29 is 14.3 Å². The maximum Gasteiger partial charge on any atom is 0.255 e. The van der Waals surface area contributed by atoms with E-state index in [4.69, 9.17) is 9.47 Å². The number of hydrogen-bond acceptors (Lipinski definition) is 5. The number of nitrogens with zero attached hydrogens (tertiary/aromatic N) is 2. The Labute approximate surface area is 198 Å². The molecule has 2 aliphatic carbocycles. The van der Waals surface area contributed by atoms with Crippen LogP contribution in [0.3, 0.4) is 0 Å². The number of rotatable bonds is 7. The number of ether oxygens (including phenoxy) is 2. The van der Waals surface area contributed by atoms with E-state index in [0.29, 0.717) is 18.0 Å². The smallest absolute Gasteiger partial charge is 0.255 e. The molecule has 1 aromatic rings. The van der Waals surface area contributed by atoms with Gasteiger partial charge in [0.15, 0.2) is 6.29 Å². The molecule has 0 bridgehead atoms. The minimum Gasteiger partial charge on any atom is -0.385 e. The largest absolute Gasteiger partial charge is 0.385 e. The van der Waals surface area contributed by atoms with Crippen molar-refractivity contribution >= 4 is 17.3 Å². The molecule has 3 aliphatic rings. The van der Waals surface area contributed by atoms with Gasteiger partial charge < -0.3 is 24.6 Å². The van der Waals surface area contributed by atoms with Crippen LogP contribution in [0.15, 0.2) is 30.0 Å². The number of hydrogen-bond donors (Lipinski definition) is 1. The molecule has 0 aromatic heterocycles. The standard InChI is InChI=1S/C27H37N3O3/c1-19(2)22(15-28-16-25-32-17-27(12-13-27)18-33-25)26(31)30(5)23-11-10-21(9-8-20-6-7-20)14-24(23)29(3)4/h10-11,14-15,19-20,25,28H,6-7,12-13,16-18H2,1-5H3/b22-15+. The average molecular weight is 452 g/mol. The summed E-state index contributed by atoms with van der Waals surface area (Å²) < 4.78 is 11.7. The van der Waals surface area contributed by atoms with Gasteiger partial charge in [0.05, 0.1) is 31.1 Å². The molecule has 1 amide bonds. The third kappa shape index (κ3) is 5.90. The van der Waals surface area contributed by atoms with Crippen LogP contribution in [0.2, 0.25) is 0 Å². The second-order valence-electron chi connectivity index (χ2n) is 10.2. The van der Waals surface area contributed by atoms with Crippen LogP contribution in [0.4, 0.5) is 11.4 Å². The van der Waals surface area contributed by atoms with Gasteiger partial charge >= 0.3 is 0 Å². The fourth-order valence-corrected chi connectivity index (χ4v) is 3.91. The number of amides is 1. The monoisotopic (exact) mass is 451 g/mol. The van der Waals surface area contributed by atoms with E-state index in [2.05, 4.69) is 23.2 Å². The third-order valence-corrected chi connectivity index (χ3v) is 6.64. The molecule has 1 aliphatic heterocycles. The summed E-state index contributed by atoms with van der Waals surface area (Å²) in [6.45, 7) is 6.15. The molecule has 1 spiro atoms. The first-order chi connectivity index (χ1) is 15.8. The number of likely N-dealkylation sites (N-methyl/N-ethyl adjacent to an activating group) is 1. The molecular formula is C27H37N3O3. The van der Waals surface area contributed by atoms with Crippen molar-refractivity contribution in [3.63, 3.8) is 0 Å². The summed E-state index contributed by atoms with van der Waals surface area (Å²) >= 11 is 0. The third-order valence-electron chi connectivity index (χ3n) is 6.64. The lowest BCUT2D eigenvalue weighted by molar-refractivity contribution is -0.203. The average Bonchev–Trinajstić information content (AvgIpc) is 3.73. The van der Waals surface area contributed by atoms with Gasteiger partial charge in [-0.3, -0.25) is 4.79 Å². The van der Waals surface area contributed by atoms with E-state index < -0.39 is 0 Å². The molecule has 3 fully saturated rings.